The first-order chi connectivity index (χ1) is 48.5. The van der Waals surface area contributed by atoms with Crippen LogP contribution in [0.1, 0.15) is 67.4 Å². The zero-order valence-corrected chi connectivity index (χ0v) is 55.4. The van der Waals surface area contributed by atoms with Crippen molar-refractivity contribution in [1.82, 2.24) is 40.3 Å². The third-order valence-corrected chi connectivity index (χ3v) is 18.9. The molecule has 15 heteroatoms. The number of allylic oxidation sites excluding steroid dienone is 2. The summed E-state index contributed by atoms with van der Waals surface area (Å²) < 4.78 is 44.6. The maximum absolute atomic E-state index is 7.22. The monoisotopic (exact) mass is 1390 g/mol. The number of hydrogen-bond donors (Lipinski definition) is 0. The molecule has 0 aliphatic heterocycles. The first kappa shape index (κ1) is 62.5. The molecule has 8 bridgehead atoms. The Balaban J connectivity index is 0.00000764. The number of aromatic nitrogens is 8. The van der Waals surface area contributed by atoms with Gasteiger partial charge in [-0.25, -0.2) is 9.36 Å². The van der Waals surface area contributed by atoms with E-state index in [1.807, 2.05) is 94.6 Å². The van der Waals surface area contributed by atoms with E-state index in [1.165, 1.54) is 54.2 Å². The fourth-order valence-electron chi connectivity index (χ4n) is 14.3. The summed E-state index contributed by atoms with van der Waals surface area (Å²) in [6, 6.07) is 82.0. The predicted molar refractivity (Wildman–Crippen MR) is 380 cm³/mol. The van der Waals surface area contributed by atoms with Gasteiger partial charge in [0.25, 0.3) is 0 Å². The Morgan fingerprint density at radius 2 is 0.808 bits per heavy atom. The van der Waals surface area contributed by atoms with Gasteiger partial charge in [-0.15, -0.1) is 10.2 Å². The standard InChI is InChI=1S/C84H66N8O6.Ag/c1-3-19-55(20-4-1)79-45-71(97-87-79)53-95-83-65-31-17-32-66(83)42-62-28-16-30-64(82(62)94-52-70-48-92(90-86-70)50-78-75-37-13-9-25-59(75)40-60-26-10-14-38-76(60)78)44-68-34-18-33-67(84(68)96-54-72-46-80(88-98-72)56-21-5-2-6-22-56)43-63-29-15-27-61(41-65)81(63)93-51-69-47-91(89-85-69)49-77-73-35-11-7-23-57(73)39-58-24-8-12-36-74(58)77;/h1-40,45-48,65,83H,41-44,49-54H2;/q;+1. The van der Waals surface area contributed by atoms with E-state index >= 15 is 0 Å². The van der Waals surface area contributed by atoms with Crippen LogP contribution in [0.25, 0.3) is 65.6 Å². The van der Waals surface area contributed by atoms with E-state index in [2.05, 4.69) is 192 Å². The summed E-state index contributed by atoms with van der Waals surface area (Å²) in [6.07, 6.45) is 12.2. The second-order valence-electron chi connectivity index (χ2n) is 25.3. The fraction of sp³-hybridized carbons (Fsp3) is 0.143. The van der Waals surface area contributed by atoms with E-state index in [0.29, 0.717) is 61.7 Å². The number of nitrogens with zero attached hydrogens (tertiary/aromatic N) is 8. The van der Waals surface area contributed by atoms with Crippen LogP contribution in [0.3, 0.4) is 0 Å². The molecule has 4 aromatic heterocycles. The summed E-state index contributed by atoms with van der Waals surface area (Å²) in [6.45, 7) is 1.74. The second kappa shape index (κ2) is 28.1. The predicted octanol–water partition coefficient (Wildman–Crippen LogP) is 17.6. The van der Waals surface area contributed by atoms with Crippen LogP contribution >= 0.6 is 0 Å². The van der Waals surface area contributed by atoms with E-state index in [9.17, 15) is 0 Å². The zero-order valence-electron chi connectivity index (χ0n) is 54.0. The van der Waals surface area contributed by atoms with Gasteiger partial charge in [-0.2, -0.15) is 0 Å². The van der Waals surface area contributed by atoms with Gasteiger partial charge in [0.05, 0.1) is 31.6 Å². The van der Waals surface area contributed by atoms with Crippen LogP contribution in [0.5, 0.6) is 17.2 Å². The Morgan fingerprint density at radius 3 is 1.28 bits per heavy atom. The van der Waals surface area contributed by atoms with Crippen molar-refractivity contribution < 1.29 is 50.4 Å². The molecule has 0 saturated heterocycles. The number of ether oxygens (including phenoxy) is 4. The Hall–Kier alpha value is -11.3. The van der Waals surface area contributed by atoms with E-state index in [4.69, 9.17) is 48.6 Å². The molecule has 2 aliphatic rings. The number of hydrogen-bond acceptors (Lipinski definition) is 12. The molecular weight excluding hydrogens is 1320 g/mol. The van der Waals surface area contributed by atoms with Crippen LogP contribution in [-0.2, 0) is 92.3 Å². The Morgan fingerprint density at radius 1 is 0.404 bits per heavy atom. The van der Waals surface area contributed by atoms with Gasteiger partial charge in [-0.1, -0.05) is 251 Å². The summed E-state index contributed by atoms with van der Waals surface area (Å²) in [4.78, 5) is 0. The van der Waals surface area contributed by atoms with E-state index < -0.39 is 6.10 Å². The summed E-state index contributed by atoms with van der Waals surface area (Å²) in [7, 11) is 0. The van der Waals surface area contributed by atoms with Crippen molar-refractivity contribution in [3.63, 3.8) is 0 Å². The molecule has 11 aromatic carbocycles. The van der Waals surface area contributed by atoms with Gasteiger partial charge >= 0.3 is 22.4 Å². The van der Waals surface area contributed by atoms with Crippen LogP contribution in [0.4, 0.5) is 0 Å². The summed E-state index contributed by atoms with van der Waals surface area (Å²) >= 11 is 0. The molecule has 0 radical (unpaired) electrons. The summed E-state index contributed by atoms with van der Waals surface area (Å²) in [5.41, 5.74) is 14.1. The van der Waals surface area contributed by atoms with Gasteiger partial charge in [0.1, 0.15) is 66.5 Å². The maximum atomic E-state index is 7.22. The number of benzene rings is 11. The van der Waals surface area contributed by atoms with Gasteiger partial charge in [-0.05, 0) is 118 Å². The molecule has 17 rings (SSSR count). The molecule has 488 valence electrons. The molecule has 0 N–H and O–H groups in total. The molecule has 0 saturated carbocycles. The smallest absolute Gasteiger partial charge is 0.487 e. The normalized spacial score (nSPS) is 14.3. The maximum Gasteiger partial charge on any atom is 1.00 e. The first-order valence-corrected chi connectivity index (χ1v) is 33.3. The molecule has 4 heterocycles. The van der Waals surface area contributed by atoms with Crippen LogP contribution in [0.15, 0.2) is 282 Å². The van der Waals surface area contributed by atoms with Gasteiger partial charge in [-0.3, -0.25) is 0 Å². The molecule has 0 spiro atoms. The van der Waals surface area contributed by atoms with Crippen molar-refractivity contribution in [2.24, 2.45) is 5.92 Å². The minimum absolute atomic E-state index is 0. The molecule has 2 aliphatic carbocycles. The third-order valence-electron chi connectivity index (χ3n) is 18.9. The quantitative estimate of drug-likeness (QED) is 0.0594. The number of para-hydroxylation sites is 3. The average molecular weight is 1390 g/mol. The fourth-order valence-corrected chi connectivity index (χ4v) is 14.3. The molecule has 99 heavy (non-hydrogen) atoms. The molecular formula is C84H66AgN8O6+. The number of fused-ring (bicyclic) bond motifs is 12. The molecule has 0 fully saturated rings. The Bertz CT molecular complexity index is 5380. The largest absolute Gasteiger partial charge is 1.00 e. The summed E-state index contributed by atoms with van der Waals surface area (Å²) in [5.74, 6) is 3.32. The van der Waals surface area contributed by atoms with E-state index in [-0.39, 0.29) is 54.7 Å². The van der Waals surface area contributed by atoms with Crippen LogP contribution < -0.4 is 14.2 Å². The topological polar surface area (TPSA) is 150 Å². The van der Waals surface area contributed by atoms with Gasteiger partial charge in [0.2, 0.25) is 0 Å². The number of rotatable bonds is 18. The van der Waals surface area contributed by atoms with Gasteiger partial charge in [0.15, 0.2) is 11.5 Å². The van der Waals surface area contributed by atoms with Gasteiger partial charge in [0, 0.05) is 42.0 Å². The van der Waals surface area contributed by atoms with Crippen LogP contribution in [0, 0.1) is 5.92 Å². The van der Waals surface area contributed by atoms with E-state index in [0.717, 1.165) is 78.7 Å². The SMILES string of the molecule is C1=CC2Cc3cccc(c3OCc3cn(Cc4c5ccccc5cc5ccccc45)nn3)Cc3cccc(c3OCc3cc(-c4ccccc4)no3)Cc3cccc(c3OCc3cn(Cc4c5ccccc5cc5ccccc45)nn3)CC(=C1)C2OCc1cc(-c2ccccc2)no1.[Ag+]. The van der Waals surface area contributed by atoms with Crippen molar-refractivity contribution in [2.45, 2.75) is 71.3 Å². The van der Waals surface area contributed by atoms with Crippen LogP contribution in [-0.4, -0.2) is 46.4 Å². The van der Waals surface area contributed by atoms with Gasteiger partial charge < -0.3 is 28.0 Å². The summed E-state index contributed by atoms with van der Waals surface area (Å²) in [5, 5.41) is 37.4. The minimum Gasteiger partial charge on any atom is -0.487 e. The van der Waals surface area contributed by atoms with Crippen molar-refractivity contribution in [3.8, 4) is 39.8 Å². The zero-order chi connectivity index (χ0) is 65.1. The average Bonchev–Trinajstić information content (AvgIpc) is 1.56. The Kier molecular flexibility index (Phi) is 17.7. The van der Waals surface area contributed by atoms with Crippen molar-refractivity contribution in [2.75, 3.05) is 0 Å². The molecule has 15 aromatic rings. The minimum atomic E-state index is -0.410. The third kappa shape index (κ3) is 13.3. The van der Waals surface area contributed by atoms with Crippen molar-refractivity contribution in [1.29, 1.82) is 0 Å². The first-order valence-electron chi connectivity index (χ1n) is 33.3. The van der Waals surface area contributed by atoms with Crippen LogP contribution in [0.2, 0.25) is 0 Å². The molecule has 0 amide bonds. The van der Waals surface area contributed by atoms with Crippen molar-refractivity contribution in [3.05, 3.63) is 340 Å². The molecule has 2 unspecified atom stereocenters. The molecule has 2 atom stereocenters. The molecule has 14 nitrogen and oxygen atoms in total. The Labute approximate surface area is 587 Å². The van der Waals surface area contributed by atoms with Crippen molar-refractivity contribution >= 4 is 43.1 Å². The van der Waals surface area contributed by atoms with E-state index in [1.54, 1.807) is 0 Å². The second-order valence-corrected chi connectivity index (χ2v) is 25.3.